The number of aromatic nitrogens is 1. The maximum atomic E-state index is 13.4. The van der Waals surface area contributed by atoms with Crippen molar-refractivity contribution in [1.82, 2.24) is 4.57 Å². The van der Waals surface area contributed by atoms with E-state index in [2.05, 4.69) is 46.3 Å². The summed E-state index contributed by atoms with van der Waals surface area (Å²) in [5.74, 6) is 1.24. The van der Waals surface area contributed by atoms with E-state index in [1.54, 1.807) is 23.5 Å². The molecule has 0 radical (unpaired) electrons. The number of hydrogen-bond donors (Lipinski definition) is 0. The van der Waals surface area contributed by atoms with Gasteiger partial charge in [0.25, 0.3) is 0 Å². The molecule has 0 atom stereocenters. The molecule has 0 spiro atoms. The summed E-state index contributed by atoms with van der Waals surface area (Å²) in [4.78, 5) is 5.65. The summed E-state index contributed by atoms with van der Waals surface area (Å²) in [6.45, 7) is 0.852. The summed E-state index contributed by atoms with van der Waals surface area (Å²) >= 11 is 1.56. The van der Waals surface area contributed by atoms with Gasteiger partial charge in [-0.1, -0.05) is 60.7 Å². The fourth-order valence-corrected chi connectivity index (χ4v) is 5.04. The second-order valence-corrected chi connectivity index (χ2v) is 9.05. The minimum atomic E-state index is -0.275. The van der Waals surface area contributed by atoms with E-state index in [4.69, 9.17) is 14.5 Å². The van der Waals surface area contributed by atoms with Gasteiger partial charge in [0.05, 0.1) is 17.9 Å². The Bertz CT molecular complexity index is 1550. The van der Waals surface area contributed by atoms with E-state index in [-0.39, 0.29) is 29.6 Å². The summed E-state index contributed by atoms with van der Waals surface area (Å²) in [5.41, 5.74) is 6.30. The Kier molecular flexibility index (Phi) is 7.02. The monoisotopic (exact) mass is 560 g/mol. The Balaban J connectivity index is 0.00000267. The molecule has 2 heterocycles. The molecule has 7 heteroatoms. The Morgan fingerprint density at radius 2 is 1.47 bits per heavy atom. The van der Waals surface area contributed by atoms with Crippen LogP contribution >= 0.6 is 28.3 Å². The third-order valence-electron chi connectivity index (χ3n) is 5.91. The number of halogens is 2. The number of fused-ring (bicyclic) bond motifs is 1. The summed E-state index contributed by atoms with van der Waals surface area (Å²) in [7, 11) is 0. The molecule has 6 rings (SSSR count). The van der Waals surface area contributed by atoms with Crippen molar-refractivity contribution in [2.45, 2.75) is 6.54 Å². The molecule has 36 heavy (non-hydrogen) atoms. The van der Waals surface area contributed by atoms with Crippen LogP contribution < -0.4 is 14.3 Å². The van der Waals surface area contributed by atoms with E-state index in [9.17, 15) is 4.39 Å². The molecular weight excluding hydrogens is 539 g/mol. The molecule has 0 bridgehead atoms. The first-order chi connectivity index (χ1) is 17.2. The quantitative estimate of drug-likeness (QED) is 0.222. The van der Waals surface area contributed by atoms with E-state index in [1.165, 1.54) is 23.3 Å². The molecule has 0 N–H and O–H groups in total. The van der Waals surface area contributed by atoms with Gasteiger partial charge in [0.1, 0.15) is 5.82 Å². The number of hydrogen-bond acceptors (Lipinski definition) is 4. The van der Waals surface area contributed by atoms with Gasteiger partial charge in [0.15, 0.2) is 16.3 Å². The highest BCUT2D eigenvalue weighted by molar-refractivity contribution is 8.93. The van der Waals surface area contributed by atoms with Gasteiger partial charge in [0, 0.05) is 5.38 Å². The first kappa shape index (κ1) is 24.0. The van der Waals surface area contributed by atoms with Crippen LogP contribution in [-0.4, -0.2) is 11.4 Å². The third kappa shape index (κ3) is 4.98. The van der Waals surface area contributed by atoms with E-state index in [1.807, 2.05) is 36.4 Å². The molecule has 0 amide bonds. The van der Waals surface area contributed by atoms with Gasteiger partial charge in [-0.3, -0.25) is 0 Å². The molecule has 4 nitrogen and oxygen atoms in total. The van der Waals surface area contributed by atoms with Crippen LogP contribution in [0.15, 0.2) is 107 Å². The third-order valence-corrected chi connectivity index (χ3v) is 6.78. The lowest BCUT2D eigenvalue weighted by Gasteiger charge is -2.11. The van der Waals surface area contributed by atoms with Crippen molar-refractivity contribution in [3.8, 4) is 33.9 Å². The van der Waals surface area contributed by atoms with E-state index >= 15 is 0 Å². The van der Waals surface area contributed by atoms with Crippen LogP contribution in [-0.2, 0) is 6.54 Å². The van der Waals surface area contributed by atoms with Crippen LogP contribution in [0.3, 0.4) is 0 Å². The van der Waals surface area contributed by atoms with Crippen molar-refractivity contribution in [2.24, 2.45) is 4.99 Å². The Morgan fingerprint density at radius 3 is 2.25 bits per heavy atom. The molecule has 0 unspecified atom stereocenters. The van der Waals surface area contributed by atoms with Gasteiger partial charge in [0.2, 0.25) is 6.79 Å². The van der Waals surface area contributed by atoms with E-state index in [0.717, 1.165) is 33.1 Å². The fourth-order valence-electron chi connectivity index (χ4n) is 4.11. The molecule has 1 aromatic heterocycles. The first-order valence-electron chi connectivity index (χ1n) is 11.3. The molecule has 1 aliphatic rings. The molecule has 180 valence electrons. The minimum Gasteiger partial charge on any atom is -0.454 e. The smallest absolute Gasteiger partial charge is 0.231 e. The predicted octanol–water partition coefficient (Wildman–Crippen LogP) is 7.61. The number of nitrogens with zero attached hydrogens (tertiary/aromatic N) is 2. The Morgan fingerprint density at radius 1 is 0.778 bits per heavy atom. The molecule has 4 aromatic carbocycles. The summed E-state index contributed by atoms with van der Waals surface area (Å²) in [5, 5.41) is 2.12. The molecule has 5 aromatic rings. The van der Waals surface area contributed by atoms with Gasteiger partial charge in [-0.25, -0.2) is 9.38 Å². The zero-order valence-corrected chi connectivity index (χ0v) is 21.7. The average molecular weight is 561 g/mol. The number of thiazole rings is 1. The van der Waals surface area contributed by atoms with Crippen molar-refractivity contribution in [2.75, 3.05) is 6.79 Å². The molecular formula is C29H22BrFN2O2S. The summed E-state index contributed by atoms with van der Waals surface area (Å²) in [6.07, 6.45) is 0. The molecule has 0 aliphatic carbocycles. The average Bonchev–Trinajstić information content (AvgIpc) is 3.53. The minimum absolute atomic E-state index is 0. The van der Waals surface area contributed by atoms with Crippen LogP contribution in [0.1, 0.15) is 5.56 Å². The number of rotatable bonds is 5. The lowest BCUT2D eigenvalue weighted by Crippen LogP contribution is -2.16. The van der Waals surface area contributed by atoms with Crippen LogP contribution in [0, 0.1) is 5.82 Å². The number of ether oxygens (including phenoxy) is 2. The van der Waals surface area contributed by atoms with Crippen molar-refractivity contribution in [1.29, 1.82) is 0 Å². The zero-order chi connectivity index (χ0) is 23.6. The van der Waals surface area contributed by atoms with Crippen molar-refractivity contribution >= 4 is 34.0 Å². The van der Waals surface area contributed by atoms with Crippen LogP contribution in [0.2, 0.25) is 0 Å². The van der Waals surface area contributed by atoms with Crippen LogP contribution in [0.25, 0.3) is 22.4 Å². The lowest BCUT2D eigenvalue weighted by molar-refractivity contribution is 0.174. The standard InChI is InChI=1S/C29H21FN2O2S.BrH/c30-24-11-13-25(14-12-24)31-29-32(17-20-6-15-27-28(16-20)34-19-33-27)26(18-35-29)23-9-7-22(8-10-23)21-4-2-1-3-5-21;/h1-16,18H,17,19H2;1H. The van der Waals surface area contributed by atoms with Crippen molar-refractivity contribution in [3.05, 3.63) is 119 Å². The highest BCUT2D eigenvalue weighted by Gasteiger charge is 2.15. The van der Waals surface area contributed by atoms with Crippen LogP contribution in [0.5, 0.6) is 11.5 Å². The van der Waals surface area contributed by atoms with Crippen molar-refractivity contribution in [3.63, 3.8) is 0 Å². The van der Waals surface area contributed by atoms with Gasteiger partial charge < -0.3 is 14.0 Å². The number of benzene rings is 4. The van der Waals surface area contributed by atoms with Gasteiger partial charge in [-0.05, 0) is 58.7 Å². The van der Waals surface area contributed by atoms with Gasteiger partial charge in [-0.2, -0.15) is 0 Å². The summed E-state index contributed by atoms with van der Waals surface area (Å²) in [6, 6.07) is 31.1. The lowest BCUT2D eigenvalue weighted by atomic mass is 10.0. The highest BCUT2D eigenvalue weighted by atomic mass is 79.9. The summed E-state index contributed by atoms with van der Waals surface area (Å²) < 4.78 is 26.6. The van der Waals surface area contributed by atoms with Gasteiger partial charge >= 0.3 is 0 Å². The normalized spacial score (nSPS) is 12.4. The second-order valence-electron chi connectivity index (χ2n) is 8.21. The largest absolute Gasteiger partial charge is 0.454 e. The molecule has 0 saturated heterocycles. The molecule has 1 aliphatic heterocycles. The molecule has 0 fully saturated rings. The maximum absolute atomic E-state index is 13.4. The molecule has 0 saturated carbocycles. The predicted molar refractivity (Wildman–Crippen MR) is 147 cm³/mol. The zero-order valence-electron chi connectivity index (χ0n) is 19.1. The topological polar surface area (TPSA) is 35.8 Å². The highest BCUT2D eigenvalue weighted by Crippen LogP contribution is 2.33. The SMILES string of the molecule is Br.Fc1ccc(N=c2scc(-c3ccc(-c4ccccc4)cc3)n2Cc2ccc3c(c2)OCO3)cc1. The fraction of sp³-hybridized carbons (Fsp3) is 0.0690. The first-order valence-corrected chi connectivity index (χ1v) is 12.1. The Hall–Kier alpha value is -3.68. The van der Waals surface area contributed by atoms with Crippen LogP contribution in [0.4, 0.5) is 10.1 Å². The Labute approximate surface area is 222 Å². The maximum Gasteiger partial charge on any atom is 0.231 e. The van der Waals surface area contributed by atoms with Crippen molar-refractivity contribution < 1.29 is 13.9 Å². The van der Waals surface area contributed by atoms with Gasteiger partial charge in [-0.15, -0.1) is 28.3 Å². The second kappa shape index (κ2) is 10.5. The van der Waals surface area contributed by atoms with E-state index < -0.39 is 0 Å². The van der Waals surface area contributed by atoms with E-state index in [0.29, 0.717) is 12.2 Å².